The van der Waals surface area contributed by atoms with E-state index in [9.17, 15) is 0 Å². The number of thiol groups is 1. The maximum absolute atomic E-state index is 4.85. The van der Waals surface area contributed by atoms with Crippen LogP contribution in [0.15, 0.2) is 0 Å². The quantitative estimate of drug-likeness (QED) is 0.575. The van der Waals surface area contributed by atoms with Crippen LogP contribution in [0.5, 0.6) is 0 Å². The molecule has 0 aromatic heterocycles. The van der Waals surface area contributed by atoms with Gasteiger partial charge in [0.1, 0.15) is 0 Å². The van der Waals surface area contributed by atoms with Crippen molar-refractivity contribution in [2.75, 3.05) is 0 Å². The Labute approximate surface area is 88.6 Å². The number of thiocarbonyl (C=S) groups is 1. The van der Waals surface area contributed by atoms with Crippen molar-refractivity contribution in [3.63, 3.8) is 0 Å². The van der Waals surface area contributed by atoms with Gasteiger partial charge < -0.3 is 4.74 Å². The molecular formula is C4H8LaOS2. The minimum atomic E-state index is 0. The van der Waals surface area contributed by atoms with Gasteiger partial charge in [-0.1, -0.05) is 12.6 Å². The molecule has 0 rings (SSSR count). The van der Waals surface area contributed by atoms with E-state index in [1.807, 2.05) is 13.8 Å². The van der Waals surface area contributed by atoms with Gasteiger partial charge in [-0.25, -0.2) is 0 Å². The maximum atomic E-state index is 4.85. The van der Waals surface area contributed by atoms with Crippen molar-refractivity contribution in [1.82, 2.24) is 0 Å². The second kappa shape index (κ2) is 6.55. The fourth-order valence-electron chi connectivity index (χ4n) is 0.202. The molecule has 0 aliphatic heterocycles. The summed E-state index contributed by atoms with van der Waals surface area (Å²) in [6, 6.07) is 0. The number of hydrogen-bond donors (Lipinski definition) is 1. The van der Waals surface area contributed by atoms with Crippen LogP contribution < -0.4 is 0 Å². The van der Waals surface area contributed by atoms with Crippen molar-refractivity contribution in [2.45, 2.75) is 20.0 Å². The van der Waals surface area contributed by atoms with E-state index in [4.69, 9.17) is 4.74 Å². The fourth-order valence-corrected chi connectivity index (χ4v) is 0.605. The molecular weight excluding hydrogens is 267 g/mol. The predicted octanol–water partition coefficient (Wildman–Crippen LogP) is 1.63. The van der Waals surface area contributed by atoms with Crippen LogP contribution in [0, 0.1) is 35.6 Å². The van der Waals surface area contributed by atoms with Gasteiger partial charge in [0.05, 0.1) is 6.10 Å². The molecule has 0 spiro atoms. The molecule has 0 bridgehead atoms. The van der Waals surface area contributed by atoms with Gasteiger partial charge in [-0.15, -0.1) is 0 Å². The van der Waals surface area contributed by atoms with Crippen LogP contribution in [-0.4, -0.2) is 10.5 Å². The van der Waals surface area contributed by atoms with Crippen molar-refractivity contribution in [3.8, 4) is 0 Å². The van der Waals surface area contributed by atoms with Crippen LogP contribution >= 0.6 is 24.8 Å². The molecule has 8 heavy (non-hydrogen) atoms. The summed E-state index contributed by atoms with van der Waals surface area (Å²) in [7, 11) is 0. The smallest absolute Gasteiger partial charge is 0.217 e. The third kappa shape index (κ3) is 10.4. The summed E-state index contributed by atoms with van der Waals surface area (Å²) in [5.74, 6) is 0. The molecule has 0 heterocycles. The Bertz CT molecular complexity index is 74.4. The minimum Gasteiger partial charge on any atom is -0.476 e. The van der Waals surface area contributed by atoms with Gasteiger partial charge in [0, 0.05) is 35.6 Å². The number of ether oxygens (including phenoxy) is 1. The summed E-state index contributed by atoms with van der Waals surface area (Å²) < 4.78 is 5.16. The second-order valence-corrected chi connectivity index (χ2v) is 2.51. The van der Waals surface area contributed by atoms with E-state index in [2.05, 4.69) is 24.8 Å². The summed E-state index contributed by atoms with van der Waals surface area (Å²) >= 11 is 8.26. The van der Waals surface area contributed by atoms with Crippen LogP contribution in [0.25, 0.3) is 0 Å². The van der Waals surface area contributed by atoms with Crippen LogP contribution in [0.3, 0.4) is 0 Å². The van der Waals surface area contributed by atoms with Crippen LogP contribution in [-0.2, 0) is 4.74 Å². The zero-order valence-corrected chi connectivity index (χ0v) is 10.3. The molecule has 1 nitrogen and oxygen atoms in total. The van der Waals surface area contributed by atoms with E-state index in [1.54, 1.807) is 0 Å². The zero-order valence-electron chi connectivity index (χ0n) is 4.92. The standard InChI is InChI=1S/C4H8OS2.La/c1-3(2)5-4(6)7;/h3H,1-2H3,(H,6,7);. The minimum absolute atomic E-state index is 0. The first-order valence-electron chi connectivity index (χ1n) is 2.02. The summed E-state index contributed by atoms with van der Waals surface area (Å²) in [6.45, 7) is 3.81. The molecule has 0 aromatic rings. The molecule has 0 unspecified atom stereocenters. The molecule has 0 N–H and O–H groups in total. The molecule has 45 valence electrons. The van der Waals surface area contributed by atoms with Gasteiger partial charge in [0.15, 0.2) is 0 Å². The van der Waals surface area contributed by atoms with E-state index >= 15 is 0 Å². The normalized spacial score (nSPS) is 8.00. The summed E-state index contributed by atoms with van der Waals surface area (Å²) in [5, 5.41) is 0. The Balaban J connectivity index is 0. The first-order chi connectivity index (χ1) is 3.13. The van der Waals surface area contributed by atoms with Gasteiger partial charge in [-0.2, -0.15) is 0 Å². The third-order valence-electron chi connectivity index (χ3n) is 0.337. The Morgan fingerprint density at radius 3 is 2.00 bits per heavy atom. The molecule has 0 saturated carbocycles. The molecule has 1 radical (unpaired) electrons. The Hall–Kier alpha value is 1.43. The number of hydrogen-bond acceptors (Lipinski definition) is 2. The van der Waals surface area contributed by atoms with E-state index in [0.717, 1.165) is 0 Å². The van der Waals surface area contributed by atoms with Crippen molar-refractivity contribution in [3.05, 3.63) is 0 Å². The Morgan fingerprint density at radius 2 is 2.00 bits per heavy atom. The first kappa shape index (κ1) is 12.1. The van der Waals surface area contributed by atoms with Gasteiger partial charge in [0.25, 0.3) is 0 Å². The summed E-state index contributed by atoms with van der Waals surface area (Å²) in [5.41, 5.74) is 0. The zero-order chi connectivity index (χ0) is 5.86. The average Bonchev–Trinajstić information content (AvgIpc) is 1.27. The van der Waals surface area contributed by atoms with E-state index in [1.165, 1.54) is 0 Å². The van der Waals surface area contributed by atoms with E-state index < -0.39 is 0 Å². The van der Waals surface area contributed by atoms with Crippen molar-refractivity contribution in [1.29, 1.82) is 0 Å². The molecule has 0 saturated heterocycles. The molecule has 4 heteroatoms. The van der Waals surface area contributed by atoms with E-state index in [0.29, 0.717) is 4.38 Å². The fraction of sp³-hybridized carbons (Fsp3) is 0.750. The van der Waals surface area contributed by atoms with Crippen LogP contribution in [0.1, 0.15) is 13.8 Å². The van der Waals surface area contributed by atoms with Gasteiger partial charge >= 0.3 is 0 Å². The van der Waals surface area contributed by atoms with E-state index in [-0.39, 0.29) is 41.7 Å². The molecule has 0 aliphatic rings. The van der Waals surface area contributed by atoms with Crippen molar-refractivity contribution >= 4 is 29.2 Å². The number of rotatable bonds is 1. The third-order valence-corrected chi connectivity index (χ3v) is 0.538. The van der Waals surface area contributed by atoms with Gasteiger partial charge in [-0.05, 0) is 26.1 Å². The topological polar surface area (TPSA) is 9.23 Å². The van der Waals surface area contributed by atoms with Gasteiger partial charge in [-0.3, -0.25) is 0 Å². The second-order valence-electron chi connectivity index (χ2n) is 1.43. The predicted molar refractivity (Wildman–Crippen MR) is 37.8 cm³/mol. The average molecular weight is 275 g/mol. The molecule has 0 amide bonds. The monoisotopic (exact) mass is 275 g/mol. The van der Waals surface area contributed by atoms with Crippen LogP contribution in [0.2, 0.25) is 0 Å². The van der Waals surface area contributed by atoms with Crippen molar-refractivity contribution < 1.29 is 40.3 Å². The maximum Gasteiger partial charge on any atom is 0.217 e. The SMILES string of the molecule is CC(C)OC(=S)S.[La]. The molecule has 0 aromatic carbocycles. The van der Waals surface area contributed by atoms with Gasteiger partial charge in [0.2, 0.25) is 4.38 Å². The Kier molecular flexibility index (Phi) is 9.95. The largest absolute Gasteiger partial charge is 0.476 e. The molecule has 0 fully saturated rings. The first-order valence-corrected chi connectivity index (χ1v) is 2.88. The van der Waals surface area contributed by atoms with Crippen molar-refractivity contribution in [2.24, 2.45) is 0 Å². The molecule has 0 aliphatic carbocycles. The summed E-state index contributed by atoms with van der Waals surface area (Å²) in [4.78, 5) is 0. The Morgan fingerprint density at radius 1 is 1.62 bits per heavy atom. The van der Waals surface area contributed by atoms with Crippen LogP contribution in [0.4, 0.5) is 0 Å². The summed E-state index contributed by atoms with van der Waals surface area (Å²) in [6.07, 6.45) is 0.157. The molecule has 0 atom stereocenters.